The molecule has 0 saturated heterocycles. The van der Waals surface area contributed by atoms with E-state index in [0.29, 0.717) is 0 Å². The van der Waals surface area contributed by atoms with Gasteiger partial charge in [0.1, 0.15) is 0 Å². The fourth-order valence-electron chi connectivity index (χ4n) is 1.73. The molecule has 0 saturated carbocycles. The van der Waals surface area contributed by atoms with Crippen molar-refractivity contribution in [1.29, 1.82) is 0 Å². The van der Waals surface area contributed by atoms with Gasteiger partial charge in [-0.15, -0.1) is 11.3 Å². The first-order valence-electron chi connectivity index (χ1n) is 5.45. The zero-order valence-corrected chi connectivity index (χ0v) is 11.8. The Morgan fingerprint density at radius 1 is 0.833 bits per heavy atom. The highest BCUT2D eigenvalue weighted by Crippen LogP contribution is 2.40. The van der Waals surface area contributed by atoms with Gasteiger partial charge in [0.25, 0.3) is 0 Å². The molecule has 88 valence electrons. The number of halogens is 1. The first-order valence-corrected chi connectivity index (χ1v) is 7.05. The Morgan fingerprint density at radius 2 is 1.39 bits per heavy atom. The lowest BCUT2D eigenvalue weighted by molar-refractivity contribution is 1.33. The van der Waals surface area contributed by atoms with Crippen LogP contribution in [0.4, 0.5) is 0 Å². The minimum absolute atomic E-state index is 1.12. The molecule has 0 aliphatic heterocycles. The van der Waals surface area contributed by atoms with E-state index in [2.05, 4.69) is 32.0 Å². The second-order valence-electron chi connectivity index (χ2n) is 3.76. The van der Waals surface area contributed by atoms with Gasteiger partial charge in [0.2, 0.25) is 0 Å². The zero-order valence-electron chi connectivity index (χ0n) is 9.38. The number of aromatic nitrogens is 2. The summed E-state index contributed by atoms with van der Waals surface area (Å²) in [5.41, 5.74) is 2.37. The summed E-state index contributed by atoms with van der Waals surface area (Å²) in [6.07, 6.45) is 7.26. The summed E-state index contributed by atoms with van der Waals surface area (Å²) < 4.78 is 1.12. The molecule has 0 atom stereocenters. The maximum atomic E-state index is 4.05. The lowest BCUT2D eigenvalue weighted by Gasteiger charge is -1.97. The number of rotatable bonds is 2. The Hall–Kier alpha value is -1.52. The fourth-order valence-corrected chi connectivity index (χ4v) is 3.64. The zero-order chi connectivity index (χ0) is 12.4. The summed E-state index contributed by atoms with van der Waals surface area (Å²) in [6, 6.07) is 10.2. The molecule has 3 aromatic rings. The van der Waals surface area contributed by atoms with Crippen LogP contribution >= 0.6 is 27.3 Å². The van der Waals surface area contributed by atoms with Gasteiger partial charge in [0, 0.05) is 39.0 Å². The minimum Gasteiger partial charge on any atom is -0.265 e. The van der Waals surface area contributed by atoms with Crippen LogP contribution in [0, 0.1) is 0 Å². The highest BCUT2D eigenvalue weighted by molar-refractivity contribution is 9.10. The molecule has 3 rings (SSSR count). The van der Waals surface area contributed by atoms with E-state index in [1.54, 1.807) is 11.3 Å². The average Bonchev–Trinajstić information content (AvgIpc) is 2.83. The van der Waals surface area contributed by atoms with Crippen LogP contribution < -0.4 is 0 Å². The van der Waals surface area contributed by atoms with E-state index in [1.807, 2.05) is 49.1 Å². The smallest absolute Gasteiger partial charge is 0.0492 e. The van der Waals surface area contributed by atoms with Crippen LogP contribution in [0.5, 0.6) is 0 Å². The van der Waals surface area contributed by atoms with Gasteiger partial charge in [0.15, 0.2) is 0 Å². The largest absolute Gasteiger partial charge is 0.265 e. The van der Waals surface area contributed by atoms with Crippen LogP contribution in [-0.4, -0.2) is 9.97 Å². The monoisotopic (exact) mass is 316 g/mol. The van der Waals surface area contributed by atoms with Crippen molar-refractivity contribution >= 4 is 27.3 Å². The van der Waals surface area contributed by atoms with Gasteiger partial charge >= 0.3 is 0 Å². The Balaban J connectivity index is 2.07. The summed E-state index contributed by atoms with van der Waals surface area (Å²) >= 11 is 5.39. The maximum Gasteiger partial charge on any atom is 0.0492 e. The lowest BCUT2D eigenvalue weighted by atomic mass is 10.2. The third-order valence-electron chi connectivity index (χ3n) is 2.59. The predicted octanol–water partition coefficient (Wildman–Crippen LogP) is 4.63. The summed E-state index contributed by atoms with van der Waals surface area (Å²) in [4.78, 5) is 10.5. The van der Waals surface area contributed by atoms with E-state index in [0.717, 1.165) is 4.47 Å². The van der Waals surface area contributed by atoms with Crippen molar-refractivity contribution in [2.75, 3.05) is 0 Å². The summed E-state index contributed by atoms with van der Waals surface area (Å²) in [5.74, 6) is 0. The number of nitrogens with zero attached hydrogens (tertiary/aromatic N) is 2. The van der Waals surface area contributed by atoms with E-state index in [1.165, 1.54) is 20.9 Å². The molecule has 0 aliphatic carbocycles. The fraction of sp³-hybridized carbons (Fsp3) is 0. The van der Waals surface area contributed by atoms with Crippen molar-refractivity contribution < 1.29 is 0 Å². The van der Waals surface area contributed by atoms with Crippen molar-refractivity contribution in [3.8, 4) is 20.9 Å². The molecule has 0 spiro atoms. The van der Waals surface area contributed by atoms with Crippen molar-refractivity contribution in [3.63, 3.8) is 0 Å². The highest BCUT2D eigenvalue weighted by Gasteiger charge is 2.10. The molecule has 0 unspecified atom stereocenters. The molecule has 0 bridgehead atoms. The summed E-state index contributed by atoms with van der Waals surface area (Å²) in [5, 5.41) is 0. The topological polar surface area (TPSA) is 25.8 Å². The molecule has 0 aromatic carbocycles. The molecule has 0 radical (unpaired) electrons. The van der Waals surface area contributed by atoms with Crippen LogP contribution in [0.2, 0.25) is 0 Å². The third-order valence-corrected chi connectivity index (χ3v) is 4.72. The highest BCUT2D eigenvalue weighted by atomic mass is 79.9. The van der Waals surface area contributed by atoms with Gasteiger partial charge in [-0.3, -0.25) is 9.97 Å². The number of hydrogen-bond acceptors (Lipinski definition) is 3. The Labute approximate surface area is 117 Å². The van der Waals surface area contributed by atoms with E-state index in [4.69, 9.17) is 0 Å². The molecule has 3 heterocycles. The molecule has 4 heteroatoms. The first kappa shape index (κ1) is 11.6. The normalized spacial score (nSPS) is 10.5. The predicted molar refractivity (Wildman–Crippen MR) is 78.5 cm³/mol. The molecule has 0 fully saturated rings. The molecular weight excluding hydrogens is 308 g/mol. The molecule has 18 heavy (non-hydrogen) atoms. The second-order valence-corrected chi connectivity index (χ2v) is 5.67. The third kappa shape index (κ3) is 2.21. The van der Waals surface area contributed by atoms with Crippen LogP contribution in [0.3, 0.4) is 0 Å². The van der Waals surface area contributed by atoms with Gasteiger partial charge in [-0.2, -0.15) is 0 Å². The minimum atomic E-state index is 1.12. The van der Waals surface area contributed by atoms with Gasteiger partial charge in [0.05, 0.1) is 0 Å². The van der Waals surface area contributed by atoms with E-state index in [9.17, 15) is 0 Å². The van der Waals surface area contributed by atoms with Crippen LogP contribution in [0.1, 0.15) is 0 Å². The van der Waals surface area contributed by atoms with Gasteiger partial charge in [-0.25, -0.2) is 0 Å². The molecule has 2 nitrogen and oxygen atoms in total. The number of hydrogen-bond donors (Lipinski definition) is 0. The van der Waals surface area contributed by atoms with Crippen molar-refractivity contribution in [3.05, 3.63) is 59.6 Å². The Morgan fingerprint density at radius 3 is 2.00 bits per heavy atom. The van der Waals surface area contributed by atoms with Crippen LogP contribution in [-0.2, 0) is 0 Å². The number of pyridine rings is 2. The maximum absolute atomic E-state index is 4.05. The van der Waals surface area contributed by atoms with Crippen LogP contribution in [0.25, 0.3) is 20.9 Å². The van der Waals surface area contributed by atoms with E-state index in [-0.39, 0.29) is 0 Å². The summed E-state index contributed by atoms with van der Waals surface area (Å²) in [7, 11) is 0. The van der Waals surface area contributed by atoms with Crippen LogP contribution in [0.15, 0.2) is 59.6 Å². The standard InChI is InChI=1S/C14H9BrN2S/c15-12-9-13(10-1-5-16-6-2-10)18-14(12)11-3-7-17-8-4-11/h1-9H. The quantitative estimate of drug-likeness (QED) is 0.688. The van der Waals surface area contributed by atoms with Gasteiger partial charge in [-0.1, -0.05) is 0 Å². The lowest BCUT2D eigenvalue weighted by Crippen LogP contribution is -1.73. The van der Waals surface area contributed by atoms with Crippen molar-refractivity contribution in [1.82, 2.24) is 9.97 Å². The second kappa shape index (κ2) is 5.00. The molecule has 3 aromatic heterocycles. The SMILES string of the molecule is Brc1cc(-c2ccncc2)sc1-c1ccncc1. The molecular formula is C14H9BrN2S. The summed E-state index contributed by atoms with van der Waals surface area (Å²) in [6.45, 7) is 0. The number of thiophene rings is 1. The molecule has 0 amide bonds. The van der Waals surface area contributed by atoms with Crippen molar-refractivity contribution in [2.45, 2.75) is 0 Å². The average molecular weight is 317 g/mol. The van der Waals surface area contributed by atoms with Crippen molar-refractivity contribution in [2.24, 2.45) is 0 Å². The Bertz CT molecular complexity index is 650. The van der Waals surface area contributed by atoms with E-state index < -0.39 is 0 Å². The first-order chi connectivity index (χ1) is 8.84. The van der Waals surface area contributed by atoms with Gasteiger partial charge < -0.3 is 0 Å². The van der Waals surface area contributed by atoms with E-state index >= 15 is 0 Å². The molecule has 0 aliphatic rings. The van der Waals surface area contributed by atoms with Gasteiger partial charge in [-0.05, 0) is 57.4 Å². The Kier molecular flexibility index (Phi) is 3.21. The molecule has 0 N–H and O–H groups in total.